The van der Waals surface area contributed by atoms with Crippen LogP contribution in [0.3, 0.4) is 0 Å². The second-order valence-corrected chi connectivity index (χ2v) is 13.2. The molecular weight excluding hydrogens is 647 g/mol. The number of hydrogen-bond acceptors (Lipinski definition) is 9. The van der Waals surface area contributed by atoms with Crippen LogP contribution in [0.1, 0.15) is 50.2 Å². The van der Waals surface area contributed by atoms with Gasteiger partial charge in [0.15, 0.2) is 5.82 Å². The van der Waals surface area contributed by atoms with Crippen molar-refractivity contribution in [1.29, 1.82) is 0 Å². The minimum atomic E-state index is -5.08. The van der Waals surface area contributed by atoms with E-state index in [2.05, 4.69) is 20.3 Å². The Balaban J connectivity index is 1.29. The van der Waals surface area contributed by atoms with Gasteiger partial charge in [0.1, 0.15) is 46.7 Å². The van der Waals surface area contributed by atoms with Crippen LogP contribution in [0.2, 0.25) is 0 Å². The maximum Gasteiger partial charge on any atom is 0.417 e. The van der Waals surface area contributed by atoms with Crippen molar-refractivity contribution in [1.82, 2.24) is 25.2 Å². The first-order valence-corrected chi connectivity index (χ1v) is 16.2. The number of ether oxygens (including phenoxy) is 2. The molecule has 2 aromatic heterocycles. The first-order valence-electron chi connectivity index (χ1n) is 16.2. The molecule has 3 fully saturated rings. The van der Waals surface area contributed by atoms with Crippen LogP contribution in [0, 0.1) is 18.6 Å². The number of piperazine rings is 1. The van der Waals surface area contributed by atoms with Gasteiger partial charge in [0, 0.05) is 43.8 Å². The van der Waals surface area contributed by atoms with Crippen LogP contribution >= 0.6 is 0 Å². The highest BCUT2D eigenvalue weighted by atomic mass is 19.4. The number of hydrogen-bond donors (Lipinski definition) is 2. The molecule has 16 heteroatoms. The van der Waals surface area contributed by atoms with Crippen LogP contribution in [-0.4, -0.2) is 89.2 Å². The zero-order chi connectivity index (χ0) is 34.1. The third kappa shape index (κ3) is 5.84. The van der Waals surface area contributed by atoms with Crippen molar-refractivity contribution in [2.75, 3.05) is 43.4 Å². The number of aromatic nitrogens is 3. The fraction of sp³-hybridized carbons (Fsp3) is 0.594. The van der Waals surface area contributed by atoms with Gasteiger partial charge in [0.05, 0.1) is 23.9 Å². The summed E-state index contributed by atoms with van der Waals surface area (Å²) in [6, 6.07) is 0.291. The SMILES string of the molecule is Cc1c(F)c(N)cc(-c2nc3c4c(nc(OCCC[C@H](F)CN5CC[C@H](F)C5)nc4c2F)N2C[C@H]4CC[C@H](N4)[C@H]2[C@H](C)O3)c1C(F)(F)F. The summed E-state index contributed by atoms with van der Waals surface area (Å²) < 4.78 is 115. The monoisotopic (exact) mass is 683 g/mol. The number of benzene rings is 1. The summed E-state index contributed by atoms with van der Waals surface area (Å²) in [5.41, 5.74) is 0.994. The average molecular weight is 684 g/mol. The van der Waals surface area contributed by atoms with E-state index in [1.54, 1.807) is 11.8 Å². The Morgan fingerprint density at radius 2 is 1.92 bits per heavy atom. The molecule has 260 valence electrons. The van der Waals surface area contributed by atoms with Gasteiger partial charge >= 0.3 is 12.2 Å². The van der Waals surface area contributed by atoms with Crippen molar-refractivity contribution in [3.63, 3.8) is 0 Å². The summed E-state index contributed by atoms with van der Waals surface area (Å²) in [6.07, 6.45) is -5.27. The van der Waals surface area contributed by atoms with Crippen LogP contribution in [0.25, 0.3) is 22.2 Å². The maximum absolute atomic E-state index is 16.6. The molecule has 6 heterocycles. The largest absolute Gasteiger partial charge is 0.472 e. The van der Waals surface area contributed by atoms with Gasteiger partial charge in [0.2, 0.25) is 5.88 Å². The van der Waals surface area contributed by atoms with E-state index in [-0.39, 0.29) is 79.3 Å². The van der Waals surface area contributed by atoms with E-state index in [0.717, 1.165) is 19.8 Å². The lowest BCUT2D eigenvalue weighted by atomic mass is 9.96. The summed E-state index contributed by atoms with van der Waals surface area (Å²) in [4.78, 5) is 16.9. The van der Waals surface area contributed by atoms with Gasteiger partial charge in [-0.15, -0.1) is 0 Å². The summed E-state index contributed by atoms with van der Waals surface area (Å²) in [5, 5.41) is 3.64. The Bertz CT molecular complexity index is 1730. The number of nitrogens with two attached hydrogens (primary N) is 1. The van der Waals surface area contributed by atoms with Crippen LogP contribution in [0.4, 0.5) is 42.2 Å². The zero-order valence-corrected chi connectivity index (χ0v) is 26.4. The van der Waals surface area contributed by atoms with Crippen LogP contribution < -0.4 is 25.4 Å². The summed E-state index contributed by atoms with van der Waals surface area (Å²) in [7, 11) is 0. The first kappa shape index (κ1) is 32.9. The molecule has 3 N–H and O–H groups in total. The number of rotatable bonds is 8. The highest BCUT2D eigenvalue weighted by Crippen LogP contribution is 2.47. The number of nitrogen functional groups attached to an aromatic ring is 1. The number of likely N-dealkylation sites (tertiary alicyclic amines) is 1. The molecule has 48 heavy (non-hydrogen) atoms. The standard InChI is InChI=1S/C32H36F7N7O2/c1-14-23(32(37,38)39)19(10-20(40)24(14)35)26-25(36)27-22-29(46-13-18-5-6-21(41-18)28(46)15(2)48-30(22)42-26)44-31(43-27)47-9-3-4-16(33)11-45-8-7-17(34)12-45/h10,15-18,21,28,41H,3-9,11-13,40H2,1-2H3/t15-,16-,17-,18+,21-,28+/m0/s1. The highest BCUT2D eigenvalue weighted by molar-refractivity contribution is 5.97. The van der Waals surface area contributed by atoms with Crippen molar-refractivity contribution in [2.24, 2.45) is 0 Å². The van der Waals surface area contributed by atoms with Crippen molar-refractivity contribution in [3.05, 3.63) is 28.8 Å². The minimum Gasteiger partial charge on any atom is -0.472 e. The molecule has 0 amide bonds. The number of nitrogens with zero attached hydrogens (tertiary/aromatic N) is 5. The second kappa shape index (κ2) is 12.3. The summed E-state index contributed by atoms with van der Waals surface area (Å²) >= 11 is 0. The van der Waals surface area contributed by atoms with E-state index >= 15 is 4.39 Å². The molecule has 4 aliphatic heterocycles. The van der Waals surface area contributed by atoms with E-state index < -0.39 is 64.3 Å². The Morgan fingerprint density at radius 3 is 2.65 bits per heavy atom. The molecule has 9 nitrogen and oxygen atoms in total. The molecule has 6 atom stereocenters. The zero-order valence-electron chi connectivity index (χ0n) is 26.4. The topological polar surface area (TPSA) is 102 Å². The van der Waals surface area contributed by atoms with Gasteiger partial charge in [-0.2, -0.15) is 23.1 Å². The van der Waals surface area contributed by atoms with Gasteiger partial charge in [-0.25, -0.2) is 22.5 Å². The van der Waals surface area contributed by atoms with Gasteiger partial charge < -0.3 is 25.4 Å². The highest BCUT2D eigenvalue weighted by Gasteiger charge is 2.47. The van der Waals surface area contributed by atoms with Crippen molar-refractivity contribution < 1.29 is 40.2 Å². The van der Waals surface area contributed by atoms with E-state index in [1.165, 1.54) is 0 Å². The molecule has 7 rings (SSSR count). The lowest BCUT2D eigenvalue weighted by molar-refractivity contribution is -0.137. The third-order valence-electron chi connectivity index (χ3n) is 9.86. The molecular formula is C32H36F7N7O2. The van der Waals surface area contributed by atoms with Crippen LogP contribution in [-0.2, 0) is 6.18 Å². The number of alkyl halides is 5. The number of nitrogens with one attached hydrogen (secondary N) is 1. The predicted octanol–water partition coefficient (Wildman–Crippen LogP) is 5.51. The Kier molecular flexibility index (Phi) is 8.45. The van der Waals surface area contributed by atoms with E-state index in [1.807, 2.05) is 4.90 Å². The molecule has 3 aromatic rings. The number of pyridine rings is 1. The molecule has 0 spiro atoms. The fourth-order valence-electron chi connectivity index (χ4n) is 7.70. The number of halogens is 7. The van der Waals surface area contributed by atoms with E-state index in [4.69, 9.17) is 15.2 Å². The smallest absolute Gasteiger partial charge is 0.417 e. The van der Waals surface area contributed by atoms with E-state index in [9.17, 15) is 26.3 Å². The summed E-state index contributed by atoms with van der Waals surface area (Å²) in [6.45, 7) is 4.01. The van der Waals surface area contributed by atoms with Crippen molar-refractivity contribution >= 4 is 22.4 Å². The molecule has 0 saturated carbocycles. The molecule has 0 radical (unpaired) electrons. The Morgan fingerprint density at radius 1 is 1.12 bits per heavy atom. The molecule has 3 saturated heterocycles. The maximum atomic E-state index is 16.6. The molecule has 0 aliphatic carbocycles. The minimum absolute atomic E-state index is 0.00656. The van der Waals surface area contributed by atoms with Gasteiger partial charge in [-0.05, 0) is 57.6 Å². The molecule has 4 aliphatic rings. The Hall–Kier alpha value is -3.66. The van der Waals surface area contributed by atoms with Gasteiger partial charge in [-0.3, -0.25) is 4.90 Å². The van der Waals surface area contributed by atoms with Crippen LogP contribution in [0.15, 0.2) is 6.07 Å². The van der Waals surface area contributed by atoms with Gasteiger partial charge in [0.25, 0.3) is 0 Å². The summed E-state index contributed by atoms with van der Waals surface area (Å²) in [5.74, 6) is -2.39. The average Bonchev–Trinajstić information content (AvgIpc) is 3.58. The number of fused-ring (bicyclic) bond motifs is 5. The lowest BCUT2D eigenvalue weighted by Gasteiger charge is -2.42. The second-order valence-electron chi connectivity index (χ2n) is 13.2. The molecule has 2 bridgehead atoms. The Labute approximate surface area is 272 Å². The van der Waals surface area contributed by atoms with Crippen LogP contribution in [0.5, 0.6) is 11.9 Å². The first-order chi connectivity index (χ1) is 22.8. The van der Waals surface area contributed by atoms with Crippen molar-refractivity contribution in [3.8, 4) is 23.1 Å². The lowest BCUT2D eigenvalue weighted by Crippen LogP contribution is -2.62. The normalized spacial score (nSPS) is 26.0. The predicted molar refractivity (Wildman–Crippen MR) is 164 cm³/mol. The van der Waals surface area contributed by atoms with Gasteiger partial charge in [-0.1, -0.05) is 0 Å². The number of anilines is 2. The molecule has 0 unspecified atom stereocenters. The van der Waals surface area contributed by atoms with Crippen molar-refractivity contribution in [2.45, 2.75) is 88.7 Å². The third-order valence-corrected chi connectivity index (χ3v) is 9.86. The molecule has 1 aromatic carbocycles. The van der Waals surface area contributed by atoms with E-state index in [0.29, 0.717) is 25.6 Å². The quantitative estimate of drug-likeness (QED) is 0.181. The fourth-order valence-corrected chi connectivity index (χ4v) is 7.70.